The summed E-state index contributed by atoms with van der Waals surface area (Å²) >= 11 is 0. The number of carbonyl (C=O) groups excluding carboxylic acids is 1. The van der Waals surface area contributed by atoms with E-state index in [0.29, 0.717) is 12.3 Å². The van der Waals surface area contributed by atoms with Crippen molar-refractivity contribution in [3.63, 3.8) is 0 Å². The highest BCUT2D eigenvalue weighted by molar-refractivity contribution is 5.86. The molecule has 3 heteroatoms. The van der Waals surface area contributed by atoms with Gasteiger partial charge >= 0.3 is 0 Å². The Labute approximate surface area is 138 Å². The van der Waals surface area contributed by atoms with Gasteiger partial charge in [-0.2, -0.15) is 0 Å². The molecule has 1 fully saturated rings. The van der Waals surface area contributed by atoms with E-state index in [4.69, 9.17) is 0 Å². The number of aryl methyl sites for hydroxylation is 1. The third-order valence-electron chi connectivity index (χ3n) is 6.51. The molecular weight excluding hydrogens is 288 g/mol. The van der Waals surface area contributed by atoms with E-state index in [1.807, 2.05) is 20.8 Å². The Bertz CT molecular complexity index is 634. The summed E-state index contributed by atoms with van der Waals surface area (Å²) in [5.74, 6) is 0.405. The van der Waals surface area contributed by atoms with E-state index in [0.717, 1.165) is 18.4 Å². The van der Waals surface area contributed by atoms with Gasteiger partial charge in [0.1, 0.15) is 6.10 Å². The van der Waals surface area contributed by atoms with Crippen LogP contribution in [0.4, 0.5) is 0 Å². The number of carbonyl (C=O) groups is 1. The Kier molecular flexibility index (Phi) is 3.93. The van der Waals surface area contributed by atoms with Crippen molar-refractivity contribution in [1.82, 2.24) is 0 Å². The minimum absolute atomic E-state index is 0.0330. The SMILES string of the molecule is CC(CO)c1ccc2c(c1)CC[C@H]1C(C)(C)[C@@H](O)C(=O)C[C@]21C. The zero-order chi connectivity index (χ0) is 17.0. The van der Waals surface area contributed by atoms with Gasteiger partial charge in [-0.05, 0) is 35.4 Å². The highest BCUT2D eigenvalue weighted by Crippen LogP contribution is 2.56. The number of benzene rings is 1. The quantitative estimate of drug-likeness (QED) is 0.882. The number of ketones is 1. The molecule has 3 nitrogen and oxygen atoms in total. The smallest absolute Gasteiger partial charge is 0.162 e. The maximum absolute atomic E-state index is 12.4. The summed E-state index contributed by atoms with van der Waals surface area (Å²) in [5.41, 5.74) is 3.14. The van der Waals surface area contributed by atoms with E-state index in [2.05, 4.69) is 25.1 Å². The van der Waals surface area contributed by atoms with Gasteiger partial charge in [0.05, 0.1) is 0 Å². The van der Waals surface area contributed by atoms with E-state index in [9.17, 15) is 15.0 Å². The molecule has 1 aromatic carbocycles. The van der Waals surface area contributed by atoms with Crippen LogP contribution in [0.1, 0.15) is 63.1 Å². The Balaban J connectivity index is 2.07. The Morgan fingerprint density at radius 2 is 2.00 bits per heavy atom. The van der Waals surface area contributed by atoms with Crippen molar-refractivity contribution in [3.8, 4) is 0 Å². The van der Waals surface area contributed by atoms with Crippen molar-refractivity contribution in [2.45, 2.75) is 64.4 Å². The minimum Gasteiger partial charge on any atom is -0.396 e. The molecule has 2 aliphatic carbocycles. The third kappa shape index (κ3) is 2.36. The first-order valence-corrected chi connectivity index (χ1v) is 8.66. The van der Waals surface area contributed by atoms with E-state index in [1.54, 1.807) is 0 Å². The van der Waals surface area contributed by atoms with Crippen LogP contribution in [0.3, 0.4) is 0 Å². The van der Waals surface area contributed by atoms with Gasteiger partial charge < -0.3 is 10.2 Å². The summed E-state index contributed by atoms with van der Waals surface area (Å²) in [4.78, 5) is 12.4. The van der Waals surface area contributed by atoms with Crippen molar-refractivity contribution >= 4 is 5.78 Å². The van der Waals surface area contributed by atoms with Crippen LogP contribution < -0.4 is 0 Å². The van der Waals surface area contributed by atoms with Gasteiger partial charge in [0, 0.05) is 29.8 Å². The summed E-state index contributed by atoms with van der Waals surface area (Å²) in [6.07, 6.45) is 1.55. The van der Waals surface area contributed by atoms with Gasteiger partial charge in [-0.1, -0.05) is 45.9 Å². The largest absolute Gasteiger partial charge is 0.396 e. The van der Waals surface area contributed by atoms with Gasteiger partial charge in [0.2, 0.25) is 0 Å². The maximum atomic E-state index is 12.4. The van der Waals surface area contributed by atoms with E-state index < -0.39 is 11.5 Å². The van der Waals surface area contributed by atoms with Crippen LogP contribution in [0.15, 0.2) is 18.2 Å². The monoisotopic (exact) mass is 316 g/mol. The normalized spacial score (nSPS) is 33.7. The minimum atomic E-state index is -0.851. The summed E-state index contributed by atoms with van der Waals surface area (Å²) in [6, 6.07) is 6.46. The molecule has 0 amide bonds. The van der Waals surface area contributed by atoms with Crippen LogP contribution >= 0.6 is 0 Å². The first kappa shape index (κ1) is 16.7. The van der Waals surface area contributed by atoms with Gasteiger partial charge in [-0.3, -0.25) is 4.79 Å². The molecule has 0 bridgehead atoms. The first-order valence-electron chi connectivity index (χ1n) is 8.66. The molecule has 0 saturated heterocycles. The van der Waals surface area contributed by atoms with Crippen LogP contribution in [-0.4, -0.2) is 28.7 Å². The predicted molar refractivity (Wildman–Crippen MR) is 90.5 cm³/mol. The average molecular weight is 316 g/mol. The van der Waals surface area contributed by atoms with Crippen molar-refractivity contribution in [2.75, 3.05) is 6.61 Å². The lowest BCUT2D eigenvalue weighted by Gasteiger charge is -2.55. The second-order valence-corrected chi connectivity index (χ2v) is 8.38. The summed E-state index contributed by atoms with van der Waals surface area (Å²) in [5, 5.41) is 19.8. The molecule has 0 aliphatic heterocycles. The van der Waals surface area contributed by atoms with Crippen molar-refractivity contribution in [1.29, 1.82) is 0 Å². The lowest BCUT2D eigenvalue weighted by molar-refractivity contribution is -0.149. The van der Waals surface area contributed by atoms with E-state index in [1.165, 1.54) is 11.1 Å². The van der Waals surface area contributed by atoms with Crippen molar-refractivity contribution < 1.29 is 15.0 Å². The number of Topliss-reactive ketones (excluding diaryl/α,β-unsaturated/α-hetero) is 1. The molecular formula is C20H28O3. The Hall–Kier alpha value is -1.19. The van der Waals surface area contributed by atoms with E-state index >= 15 is 0 Å². The summed E-state index contributed by atoms with van der Waals surface area (Å²) in [6.45, 7) is 8.43. The maximum Gasteiger partial charge on any atom is 0.162 e. The summed E-state index contributed by atoms with van der Waals surface area (Å²) < 4.78 is 0. The third-order valence-corrected chi connectivity index (χ3v) is 6.51. The number of hydrogen-bond acceptors (Lipinski definition) is 3. The number of hydrogen-bond donors (Lipinski definition) is 2. The first-order chi connectivity index (χ1) is 10.7. The van der Waals surface area contributed by atoms with Crippen LogP contribution in [0.5, 0.6) is 0 Å². The fourth-order valence-corrected chi connectivity index (χ4v) is 5.07. The Morgan fingerprint density at radius 1 is 1.30 bits per heavy atom. The summed E-state index contributed by atoms with van der Waals surface area (Å²) in [7, 11) is 0. The second-order valence-electron chi connectivity index (χ2n) is 8.38. The molecule has 0 radical (unpaired) electrons. The molecule has 126 valence electrons. The van der Waals surface area contributed by atoms with Crippen molar-refractivity contribution in [3.05, 3.63) is 34.9 Å². The standard InChI is InChI=1S/C20H28O3/c1-12(11-21)13-5-7-15-14(9-13)6-8-17-19(2,3)18(23)16(22)10-20(15,17)4/h5,7,9,12,17-18,21,23H,6,8,10-11H2,1-4H3/t12?,17-,18-,20+/m0/s1. The zero-order valence-corrected chi connectivity index (χ0v) is 14.6. The van der Waals surface area contributed by atoms with Crippen LogP contribution in [-0.2, 0) is 16.6 Å². The van der Waals surface area contributed by atoms with E-state index in [-0.39, 0.29) is 23.7 Å². The lowest BCUT2D eigenvalue weighted by atomic mass is 9.49. The average Bonchev–Trinajstić information content (AvgIpc) is 2.51. The van der Waals surface area contributed by atoms with Crippen molar-refractivity contribution in [2.24, 2.45) is 11.3 Å². The van der Waals surface area contributed by atoms with Gasteiger partial charge in [0.25, 0.3) is 0 Å². The Morgan fingerprint density at radius 3 is 2.65 bits per heavy atom. The molecule has 2 N–H and O–H groups in total. The van der Waals surface area contributed by atoms with Gasteiger partial charge in [-0.25, -0.2) is 0 Å². The fourth-order valence-electron chi connectivity index (χ4n) is 5.07. The fraction of sp³-hybridized carbons (Fsp3) is 0.650. The van der Waals surface area contributed by atoms with Crippen LogP contribution in [0.2, 0.25) is 0 Å². The molecule has 1 aromatic rings. The number of fused-ring (bicyclic) bond motifs is 3. The number of aliphatic hydroxyl groups excluding tert-OH is 2. The molecule has 0 heterocycles. The topological polar surface area (TPSA) is 57.5 Å². The number of rotatable bonds is 2. The zero-order valence-electron chi connectivity index (χ0n) is 14.6. The molecule has 4 atom stereocenters. The predicted octanol–water partition coefficient (Wildman–Crippen LogP) is 2.96. The lowest BCUT2D eigenvalue weighted by Crippen LogP contribution is -2.57. The highest BCUT2D eigenvalue weighted by Gasteiger charge is 2.56. The molecule has 1 unspecified atom stereocenters. The van der Waals surface area contributed by atoms with Crippen LogP contribution in [0.25, 0.3) is 0 Å². The van der Waals surface area contributed by atoms with Crippen LogP contribution in [0, 0.1) is 11.3 Å². The van der Waals surface area contributed by atoms with Gasteiger partial charge in [0.15, 0.2) is 5.78 Å². The molecule has 3 rings (SSSR count). The molecule has 23 heavy (non-hydrogen) atoms. The second kappa shape index (κ2) is 5.42. The molecule has 0 spiro atoms. The number of aliphatic hydroxyl groups is 2. The highest BCUT2D eigenvalue weighted by atomic mass is 16.3. The molecule has 2 aliphatic rings. The van der Waals surface area contributed by atoms with Gasteiger partial charge in [-0.15, -0.1) is 0 Å². The molecule has 1 saturated carbocycles. The molecule has 0 aromatic heterocycles.